The molecule has 0 saturated carbocycles. The van der Waals surface area contributed by atoms with E-state index in [4.69, 9.17) is 10.4 Å². The normalized spacial score (nSPS) is 18.4. The minimum absolute atomic E-state index is 0.00930. The number of amides is 1. The van der Waals surface area contributed by atoms with E-state index in [1.165, 1.54) is 0 Å². The molecule has 1 aliphatic rings. The van der Waals surface area contributed by atoms with E-state index in [2.05, 4.69) is 11.0 Å². The van der Waals surface area contributed by atoms with Crippen LogP contribution in [0.5, 0.6) is 0 Å². The Balaban J connectivity index is 2.00. The molecule has 1 saturated heterocycles. The van der Waals surface area contributed by atoms with E-state index < -0.39 is 0 Å². The van der Waals surface area contributed by atoms with E-state index in [0.29, 0.717) is 19.5 Å². The molecule has 1 aromatic carbocycles. The Hall–Kier alpha value is -1.90. The number of aliphatic hydroxyl groups is 1. The van der Waals surface area contributed by atoms with Crippen LogP contribution in [0, 0.1) is 17.2 Å². The van der Waals surface area contributed by atoms with Gasteiger partial charge in [-0.15, -0.1) is 0 Å². The van der Waals surface area contributed by atoms with Gasteiger partial charge in [0.25, 0.3) is 0 Å². The quantitative estimate of drug-likeness (QED) is 0.855. The van der Waals surface area contributed by atoms with Crippen LogP contribution >= 0.6 is 0 Å². The summed E-state index contributed by atoms with van der Waals surface area (Å²) in [6, 6.07) is 11.5. The number of rotatable bonds is 6. The predicted molar refractivity (Wildman–Crippen MR) is 80.7 cm³/mol. The average Bonchev–Trinajstić information content (AvgIpc) is 2.96. The molecule has 1 amide bonds. The summed E-state index contributed by atoms with van der Waals surface area (Å²) in [5, 5.41) is 17.9. The summed E-state index contributed by atoms with van der Waals surface area (Å²) in [6.07, 6.45) is 1.26. The Morgan fingerprint density at radius 1 is 1.43 bits per heavy atom. The molecule has 0 radical (unpaired) electrons. The minimum atomic E-state index is 0.00930. The summed E-state index contributed by atoms with van der Waals surface area (Å²) in [5.74, 6) is 0.289. The van der Waals surface area contributed by atoms with Gasteiger partial charge in [-0.25, -0.2) is 0 Å². The standard InChI is InChI=1S/C16H21N3O2/c17-8-4-9-19(15-5-2-1-3-6-15)16(21)12-18-10-7-14(11-18)13-20/h1-3,5-6,14,20H,4,7,9-13H2. The molecule has 1 heterocycles. The van der Waals surface area contributed by atoms with E-state index in [9.17, 15) is 4.79 Å². The van der Waals surface area contributed by atoms with Gasteiger partial charge in [0.1, 0.15) is 0 Å². The summed E-state index contributed by atoms with van der Waals surface area (Å²) in [5.41, 5.74) is 0.829. The third-order valence-electron chi connectivity index (χ3n) is 3.80. The molecular formula is C16H21N3O2. The van der Waals surface area contributed by atoms with Crippen molar-refractivity contribution in [3.8, 4) is 6.07 Å². The first kappa shape index (κ1) is 15.5. The highest BCUT2D eigenvalue weighted by Gasteiger charge is 2.25. The zero-order valence-electron chi connectivity index (χ0n) is 12.1. The van der Waals surface area contributed by atoms with E-state index >= 15 is 0 Å². The number of para-hydroxylation sites is 1. The minimum Gasteiger partial charge on any atom is -0.396 e. The van der Waals surface area contributed by atoms with Crippen molar-refractivity contribution in [2.45, 2.75) is 12.8 Å². The molecule has 0 bridgehead atoms. The first-order valence-electron chi connectivity index (χ1n) is 7.30. The Labute approximate surface area is 125 Å². The highest BCUT2D eigenvalue weighted by molar-refractivity contribution is 5.94. The Bertz CT molecular complexity index is 498. The second-order valence-electron chi connectivity index (χ2n) is 5.36. The molecule has 1 unspecified atom stereocenters. The highest BCUT2D eigenvalue weighted by Crippen LogP contribution is 2.18. The van der Waals surface area contributed by atoms with Gasteiger partial charge >= 0.3 is 0 Å². The predicted octanol–water partition coefficient (Wildman–Crippen LogP) is 1.25. The molecule has 0 aromatic heterocycles. The maximum Gasteiger partial charge on any atom is 0.241 e. The van der Waals surface area contributed by atoms with Crippen LogP contribution in [0.4, 0.5) is 5.69 Å². The highest BCUT2D eigenvalue weighted by atomic mass is 16.3. The molecule has 0 spiro atoms. The lowest BCUT2D eigenvalue weighted by Crippen LogP contribution is -2.40. The van der Waals surface area contributed by atoms with Crippen molar-refractivity contribution in [3.05, 3.63) is 30.3 Å². The zero-order chi connectivity index (χ0) is 15.1. The van der Waals surface area contributed by atoms with Crippen molar-refractivity contribution in [1.29, 1.82) is 5.26 Å². The summed E-state index contributed by atoms with van der Waals surface area (Å²) >= 11 is 0. The van der Waals surface area contributed by atoms with Crippen molar-refractivity contribution in [1.82, 2.24) is 4.90 Å². The van der Waals surface area contributed by atoms with Crippen LogP contribution in [0.25, 0.3) is 0 Å². The molecule has 21 heavy (non-hydrogen) atoms. The monoisotopic (exact) mass is 287 g/mol. The summed E-state index contributed by atoms with van der Waals surface area (Å²) in [7, 11) is 0. The first-order chi connectivity index (χ1) is 10.2. The second kappa shape index (κ2) is 7.77. The molecule has 5 nitrogen and oxygen atoms in total. The lowest BCUT2D eigenvalue weighted by atomic mass is 10.1. The molecule has 1 aromatic rings. The third kappa shape index (κ3) is 4.28. The number of nitriles is 1. The van der Waals surface area contributed by atoms with Gasteiger partial charge in [0.15, 0.2) is 0 Å². The number of aliphatic hydroxyl groups excluding tert-OH is 1. The van der Waals surface area contributed by atoms with Gasteiger partial charge in [-0.05, 0) is 31.0 Å². The fourth-order valence-electron chi connectivity index (χ4n) is 2.65. The molecule has 2 rings (SSSR count). The van der Waals surface area contributed by atoms with Crippen LogP contribution in [-0.2, 0) is 4.79 Å². The van der Waals surface area contributed by atoms with Gasteiger partial charge in [0, 0.05) is 25.4 Å². The Kier molecular flexibility index (Phi) is 5.73. The first-order valence-corrected chi connectivity index (χ1v) is 7.30. The summed E-state index contributed by atoms with van der Waals surface area (Å²) in [6.45, 7) is 2.55. The molecule has 1 aliphatic heterocycles. The number of likely N-dealkylation sites (tertiary alicyclic amines) is 1. The van der Waals surface area contributed by atoms with Gasteiger partial charge in [0.2, 0.25) is 5.91 Å². The van der Waals surface area contributed by atoms with E-state index in [0.717, 1.165) is 25.2 Å². The number of benzene rings is 1. The van der Waals surface area contributed by atoms with Gasteiger partial charge in [-0.1, -0.05) is 18.2 Å². The van der Waals surface area contributed by atoms with Gasteiger partial charge < -0.3 is 10.0 Å². The van der Waals surface area contributed by atoms with E-state index in [1.807, 2.05) is 30.3 Å². The Morgan fingerprint density at radius 3 is 2.81 bits per heavy atom. The summed E-state index contributed by atoms with van der Waals surface area (Å²) in [4.78, 5) is 16.3. The average molecular weight is 287 g/mol. The van der Waals surface area contributed by atoms with Crippen molar-refractivity contribution in [3.63, 3.8) is 0 Å². The maximum absolute atomic E-state index is 12.5. The van der Waals surface area contributed by atoms with E-state index in [1.54, 1.807) is 4.90 Å². The van der Waals surface area contributed by atoms with Gasteiger partial charge in [-0.3, -0.25) is 9.69 Å². The topological polar surface area (TPSA) is 67.6 Å². The van der Waals surface area contributed by atoms with Crippen LogP contribution in [0.1, 0.15) is 12.8 Å². The molecule has 5 heteroatoms. The Morgan fingerprint density at radius 2 is 2.19 bits per heavy atom. The molecule has 1 fully saturated rings. The fraction of sp³-hybridized carbons (Fsp3) is 0.500. The van der Waals surface area contributed by atoms with Crippen LogP contribution in [-0.4, -0.2) is 48.7 Å². The number of carbonyl (C=O) groups is 1. The van der Waals surface area contributed by atoms with Crippen LogP contribution in [0.3, 0.4) is 0 Å². The lowest BCUT2D eigenvalue weighted by molar-refractivity contribution is -0.119. The number of anilines is 1. The SMILES string of the molecule is N#CCCN(C(=O)CN1CCC(CO)C1)c1ccccc1. The molecule has 1 atom stereocenters. The number of hydrogen-bond acceptors (Lipinski definition) is 4. The zero-order valence-corrected chi connectivity index (χ0v) is 12.1. The molecular weight excluding hydrogens is 266 g/mol. The molecule has 1 N–H and O–H groups in total. The van der Waals surface area contributed by atoms with Crippen LogP contribution < -0.4 is 4.90 Å². The molecule has 0 aliphatic carbocycles. The van der Waals surface area contributed by atoms with Gasteiger partial charge in [-0.2, -0.15) is 5.26 Å². The largest absolute Gasteiger partial charge is 0.396 e. The second-order valence-corrected chi connectivity index (χ2v) is 5.36. The van der Waals surface area contributed by atoms with Crippen molar-refractivity contribution < 1.29 is 9.90 Å². The smallest absolute Gasteiger partial charge is 0.241 e. The van der Waals surface area contributed by atoms with Crippen molar-refractivity contribution in [2.24, 2.45) is 5.92 Å². The van der Waals surface area contributed by atoms with Crippen LogP contribution in [0.15, 0.2) is 30.3 Å². The number of nitrogens with zero attached hydrogens (tertiary/aromatic N) is 3. The third-order valence-corrected chi connectivity index (χ3v) is 3.80. The van der Waals surface area contributed by atoms with Crippen molar-refractivity contribution >= 4 is 11.6 Å². The fourth-order valence-corrected chi connectivity index (χ4v) is 2.65. The summed E-state index contributed by atoms with van der Waals surface area (Å²) < 4.78 is 0. The maximum atomic E-state index is 12.5. The van der Waals surface area contributed by atoms with Crippen LogP contribution in [0.2, 0.25) is 0 Å². The van der Waals surface area contributed by atoms with Gasteiger partial charge in [0.05, 0.1) is 19.0 Å². The van der Waals surface area contributed by atoms with Crippen molar-refractivity contribution in [2.75, 3.05) is 37.7 Å². The molecule has 112 valence electrons. The number of hydrogen-bond donors (Lipinski definition) is 1. The lowest BCUT2D eigenvalue weighted by Gasteiger charge is -2.24. The number of carbonyl (C=O) groups excluding carboxylic acids is 1. The van der Waals surface area contributed by atoms with E-state index in [-0.39, 0.29) is 18.4 Å².